The molecule has 2 rings (SSSR count). The fourth-order valence-corrected chi connectivity index (χ4v) is 2.17. The molecule has 0 aromatic heterocycles. The molecule has 0 fully saturated rings. The molecule has 0 saturated heterocycles. The predicted molar refractivity (Wildman–Crippen MR) is 92.1 cm³/mol. The van der Waals surface area contributed by atoms with Crippen LogP contribution in [0.4, 0.5) is 11.4 Å². The molecule has 0 atom stereocenters. The van der Waals surface area contributed by atoms with Crippen molar-refractivity contribution < 1.29 is 4.79 Å². The molecule has 2 N–H and O–H groups in total. The number of rotatable bonds is 4. The minimum absolute atomic E-state index is 0.0349. The molecule has 0 radical (unpaired) electrons. The Morgan fingerprint density at radius 3 is 2.33 bits per heavy atom. The van der Waals surface area contributed by atoms with Gasteiger partial charge in [0.25, 0.3) is 0 Å². The normalized spacial score (nSPS) is 10.0. The topological polar surface area (TPSA) is 41.1 Å². The highest BCUT2D eigenvalue weighted by Crippen LogP contribution is 2.13. The molecule has 0 aliphatic heterocycles. The standard InChI is InChI=1S/C17H18N2OS/c1-3-13-7-9-15(10-8-13)18-17(21)19-16-6-4-5-14(11-16)12(2)20/h4-11H,3H2,1-2H3,(H2,18,19,21). The van der Waals surface area contributed by atoms with Gasteiger partial charge in [-0.25, -0.2) is 0 Å². The van der Waals surface area contributed by atoms with Gasteiger partial charge in [0.1, 0.15) is 0 Å². The maximum Gasteiger partial charge on any atom is 0.175 e. The summed E-state index contributed by atoms with van der Waals surface area (Å²) in [4.78, 5) is 11.4. The number of hydrogen-bond donors (Lipinski definition) is 2. The number of benzene rings is 2. The maximum absolute atomic E-state index is 11.4. The summed E-state index contributed by atoms with van der Waals surface area (Å²) in [7, 11) is 0. The first-order valence-corrected chi connectivity index (χ1v) is 7.27. The van der Waals surface area contributed by atoms with Gasteiger partial charge in [0.15, 0.2) is 10.9 Å². The van der Waals surface area contributed by atoms with E-state index in [-0.39, 0.29) is 5.78 Å². The van der Waals surface area contributed by atoms with Crippen molar-refractivity contribution >= 4 is 34.5 Å². The highest BCUT2D eigenvalue weighted by molar-refractivity contribution is 7.80. The first-order chi connectivity index (χ1) is 10.1. The van der Waals surface area contributed by atoms with E-state index in [4.69, 9.17) is 12.2 Å². The van der Waals surface area contributed by atoms with Gasteiger partial charge in [0.05, 0.1) is 0 Å². The lowest BCUT2D eigenvalue weighted by Crippen LogP contribution is -2.19. The van der Waals surface area contributed by atoms with Crippen molar-refractivity contribution in [3.63, 3.8) is 0 Å². The fraction of sp³-hybridized carbons (Fsp3) is 0.176. The summed E-state index contributed by atoms with van der Waals surface area (Å²) < 4.78 is 0. The van der Waals surface area contributed by atoms with Gasteiger partial charge in [-0.3, -0.25) is 4.79 Å². The Kier molecular flexibility index (Phi) is 5.06. The molecule has 2 aromatic rings. The van der Waals surface area contributed by atoms with E-state index in [1.807, 2.05) is 24.3 Å². The lowest BCUT2D eigenvalue weighted by Gasteiger charge is -2.11. The highest BCUT2D eigenvalue weighted by Gasteiger charge is 2.02. The summed E-state index contributed by atoms with van der Waals surface area (Å²) in [6.07, 6.45) is 1.01. The number of thiocarbonyl (C=S) groups is 1. The van der Waals surface area contributed by atoms with E-state index >= 15 is 0 Å². The van der Waals surface area contributed by atoms with E-state index in [1.54, 1.807) is 19.1 Å². The van der Waals surface area contributed by atoms with Crippen molar-refractivity contribution in [1.82, 2.24) is 0 Å². The van der Waals surface area contributed by atoms with Crippen molar-refractivity contribution in [1.29, 1.82) is 0 Å². The largest absolute Gasteiger partial charge is 0.332 e. The third-order valence-electron chi connectivity index (χ3n) is 3.15. The molecule has 21 heavy (non-hydrogen) atoms. The van der Waals surface area contributed by atoms with Crippen LogP contribution in [0.15, 0.2) is 48.5 Å². The zero-order valence-corrected chi connectivity index (χ0v) is 13.0. The van der Waals surface area contributed by atoms with Crippen molar-refractivity contribution in [2.75, 3.05) is 10.6 Å². The molecule has 0 aliphatic rings. The van der Waals surface area contributed by atoms with Crippen molar-refractivity contribution in [3.05, 3.63) is 59.7 Å². The second-order valence-corrected chi connectivity index (χ2v) is 5.17. The molecule has 0 bridgehead atoms. The van der Waals surface area contributed by atoms with E-state index in [9.17, 15) is 4.79 Å². The van der Waals surface area contributed by atoms with Crippen LogP contribution in [0.25, 0.3) is 0 Å². The van der Waals surface area contributed by atoms with Gasteiger partial charge in [-0.2, -0.15) is 0 Å². The lowest BCUT2D eigenvalue weighted by atomic mass is 10.1. The Hall–Kier alpha value is -2.20. The van der Waals surface area contributed by atoms with Crippen molar-refractivity contribution in [2.45, 2.75) is 20.3 Å². The van der Waals surface area contributed by atoms with Crippen LogP contribution < -0.4 is 10.6 Å². The van der Waals surface area contributed by atoms with E-state index in [2.05, 4.69) is 29.7 Å². The average Bonchev–Trinajstić information content (AvgIpc) is 2.48. The quantitative estimate of drug-likeness (QED) is 0.653. The second-order valence-electron chi connectivity index (χ2n) is 4.77. The summed E-state index contributed by atoms with van der Waals surface area (Å²) in [6, 6.07) is 15.4. The summed E-state index contributed by atoms with van der Waals surface area (Å²) >= 11 is 5.28. The van der Waals surface area contributed by atoms with E-state index in [0.717, 1.165) is 17.8 Å². The van der Waals surface area contributed by atoms with Crippen molar-refractivity contribution in [2.24, 2.45) is 0 Å². The number of ketones is 1. The monoisotopic (exact) mass is 298 g/mol. The van der Waals surface area contributed by atoms with E-state index < -0.39 is 0 Å². The van der Waals surface area contributed by atoms with Crippen LogP contribution >= 0.6 is 12.2 Å². The molecular weight excluding hydrogens is 280 g/mol. The molecule has 0 unspecified atom stereocenters. The average molecular weight is 298 g/mol. The van der Waals surface area contributed by atoms with Crippen LogP contribution in [0.1, 0.15) is 29.8 Å². The highest BCUT2D eigenvalue weighted by atomic mass is 32.1. The minimum Gasteiger partial charge on any atom is -0.332 e. The van der Waals surface area contributed by atoms with Crippen LogP contribution in [0.5, 0.6) is 0 Å². The maximum atomic E-state index is 11.4. The van der Waals surface area contributed by atoms with Crippen LogP contribution in [0, 0.1) is 0 Å². The first kappa shape index (κ1) is 15.2. The summed E-state index contributed by atoms with van der Waals surface area (Å²) in [5.74, 6) is 0.0349. The molecule has 0 heterocycles. The minimum atomic E-state index is 0.0349. The third kappa shape index (κ3) is 4.39. The van der Waals surface area contributed by atoms with E-state index in [1.165, 1.54) is 5.56 Å². The van der Waals surface area contributed by atoms with Crippen LogP contribution in [0.2, 0.25) is 0 Å². The summed E-state index contributed by atoms with van der Waals surface area (Å²) in [5.41, 5.74) is 3.68. The molecule has 2 aromatic carbocycles. The molecule has 0 saturated carbocycles. The molecule has 3 nitrogen and oxygen atoms in total. The number of carbonyl (C=O) groups is 1. The molecule has 0 aliphatic carbocycles. The zero-order valence-electron chi connectivity index (χ0n) is 12.1. The third-order valence-corrected chi connectivity index (χ3v) is 3.35. The van der Waals surface area contributed by atoms with E-state index in [0.29, 0.717) is 10.7 Å². The second kappa shape index (κ2) is 6.99. The van der Waals surface area contributed by atoms with Crippen LogP contribution in [-0.2, 0) is 6.42 Å². The molecular formula is C17H18N2OS. The van der Waals surface area contributed by atoms with Gasteiger partial charge >= 0.3 is 0 Å². The van der Waals surface area contributed by atoms with Crippen LogP contribution in [0.3, 0.4) is 0 Å². The molecule has 4 heteroatoms. The number of anilines is 2. The Balaban J connectivity index is 2.00. The van der Waals surface area contributed by atoms with Gasteiger partial charge in [-0.1, -0.05) is 31.2 Å². The molecule has 0 spiro atoms. The van der Waals surface area contributed by atoms with Gasteiger partial charge < -0.3 is 10.6 Å². The molecule has 108 valence electrons. The molecule has 0 amide bonds. The Bertz CT molecular complexity index is 650. The van der Waals surface area contributed by atoms with Gasteiger partial charge in [-0.15, -0.1) is 0 Å². The number of carbonyl (C=O) groups excluding carboxylic acids is 1. The summed E-state index contributed by atoms with van der Waals surface area (Å²) in [6.45, 7) is 3.67. The first-order valence-electron chi connectivity index (χ1n) is 6.86. The Morgan fingerprint density at radius 2 is 1.71 bits per heavy atom. The SMILES string of the molecule is CCc1ccc(NC(=S)Nc2cccc(C(C)=O)c2)cc1. The summed E-state index contributed by atoms with van der Waals surface area (Å²) in [5, 5.41) is 6.71. The van der Waals surface area contributed by atoms with Gasteiger partial charge in [-0.05, 0) is 55.4 Å². The number of hydrogen-bond acceptors (Lipinski definition) is 2. The Labute approximate surface area is 130 Å². The predicted octanol–water partition coefficient (Wildman–Crippen LogP) is 4.26. The lowest BCUT2D eigenvalue weighted by molar-refractivity contribution is 0.101. The zero-order chi connectivity index (χ0) is 15.2. The number of nitrogens with one attached hydrogen (secondary N) is 2. The fourth-order valence-electron chi connectivity index (χ4n) is 1.93. The van der Waals surface area contributed by atoms with Gasteiger partial charge in [0.2, 0.25) is 0 Å². The van der Waals surface area contributed by atoms with Crippen molar-refractivity contribution in [3.8, 4) is 0 Å². The van der Waals surface area contributed by atoms with Gasteiger partial charge in [0, 0.05) is 16.9 Å². The number of aryl methyl sites for hydroxylation is 1. The van der Waals surface area contributed by atoms with Crippen LogP contribution in [-0.4, -0.2) is 10.9 Å². The number of Topliss-reactive ketones (excluding diaryl/α,β-unsaturated/α-hetero) is 1. The smallest absolute Gasteiger partial charge is 0.175 e. The Morgan fingerprint density at radius 1 is 1.05 bits per heavy atom.